The summed E-state index contributed by atoms with van der Waals surface area (Å²) in [4.78, 5) is 28.8. The van der Waals surface area contributed by atoms with Gasteiger partial charge in [0, 0.05) is 44.2 Å². The highest BCUT2D eigenvalue weighted by atomic mass is 35.5. The van der Waals surface area contributed by atoms with Crippen LogP contribution in [-0.4, -0.2) is 42.4 Å². The van der Waals surface area contributed by atoms with Crippen LogP contribution >= 0.6 is 11.6 Å². The summed E-state index contributed by atoms with van der Waals surface area (Å²) in [6.07, 6.45) is 2.29. The van der Waals surface area contributed by atoms with E-state index in [0.717, 1.165) is 32.5 Å². The van der Waals surface area contributed by atoms with Gasteiger partial charge in [-0.25, -0.2) is 0 Å². The van der Waals surface area contributed by atoms with Crippen LogP contribution in [0.25, 0.3) is 0 Å². The van der Waals surface area contributed by atoms with Gasteiger partial charge in [-0.05, 0) is 36.6 Å². The molecule has 0 aliphatic carbocycles. The summed E-state index contributed by atoms with van der Waals surface area (Å²) in [5.41, 5.74) is 2.46. The van der Waals surface area contributed by atoms with Gasteiger partial charge in [0.25, 0.3) is 5.91 Å². The number of nitrogens with one attached hydrogen (secondary N) is 1. The van der Waals surface area contributed by atoms with Crippen molar-refractivity contribution < 1.29 is 9.59 Å². The molecule has 2 aliphatic rings. The average Bonchev–Trinajstić information content (AvgIpc) is 3.32. The van der Waals surface area contributed by atoms with Crippen molar-refractivity contribution in [3.8, 4) is 0 Å². The van der Waals surface area contributed by atoms with Crippen LogP contribution in [-0.2, 0) is 11.3 Å². The Morgan fingerprint density at radius 3 is 2.71 bits per heavy atom. The van der Waals surface area contributed by atoms with E-state index in [1.54, 1.807) is 23.1 Å². The maximum absolute atomic E-state index is 12.7. The molecular weight excluding hydrogens is 374 g/mol. The van der Waals surface area contributed by atoms with Crippen molar-refractivity contribution in [3.63, 3.8) is 0 Å². The van der Waals surface area contributed by atoms with Gasteiger partial charge < -0.3 is 10.2 Å². The third kappa shape index (κ3) is 4.21. The largest absolute Gasteiger partial charge is 0.348 e. The summed E-state index contributed by atoms with van der Waals surface area (Å²) >= 11 is 6.28. The number of hydrogen-bond donors (Lipinski definition) is 1. The Bertz CT molecular complexity index is 871. The van der Waals surface area contributed by atoms with Crippen molar-refractivity contribution in [2.24, 2.45) is 0 Å². The van der Waals surface area contributed by atoms with E-state index in [1.165, 1.54) is 5.56 Å². The number of carbonyl (C=O) groups excluding carboxylic acids is 2. The quantitative estimate of drug-likeness (QED) is 0.840. The number of rotatable bonds is 5. The van der Waals surface area contributed by atoms with E-state index in [0.29, 0.717) is 29.2 Å². The zero-order valence-corrected chi connectivity index (χ0v) is 16.5. The zero-order chi connectivity index (χ0) is 19.5. The second-order valence-electron chi connectivity index (χ2n) is 7.49. The van der Waals surface area contributed by atoms with Crippen molar-refractivity contribution in [1.82, 2.24) is 10.2 Å². The van der Waals surface area contributed by atoms with Crippen LogP contribution in [0, 0.1) is 0 Å². The van der Waals surface area contributed by atoms with Gasteiger partial charge >= 0.3 is 0 Å². The summed E-state index contributed by atoms with van der Waals surface area (Å²) in [7, 11) is 0. The van der Waals surface area contributed by atoms with E-state index in [4.69, 9.17) is 11.6 Å². The molecule has 2 aliphatic heterocycles. The van der Waals surface area contributed by atoms with Crippen molar-refractivity contribution in [2.45, 2.75) is 31.8 Å². The van der Waals surface area contributed by atoms with Gasteiger partial charge in [-0.2, -0.15) is 0 Å². The first kappa shape index (κ1) is 19.0. The lowest BCUT2D eigenvalue weighted by atomic mass is 10.1. The van der Waals surface area contributed by atoms with Crippen LogP contribution in [0.2, 0.25) is 5.02 Å². The number of anilines is 1. The van der Waals surface area contributed by atoms with Crippen molar-refractivity contribution in [3.05, 3.63) is 64.7 Å². The molecule has 28 heavy (non-hydrogen) atoms. The normalized spacial score (nSPS) is 20.0. The van der Waals surface area contributed by atoms with Crippen LogP contribution in [0.3, 0.4) is 0 Å². The highest BCUT2D eigenvalue weighted by Crippen LogP contribution is 2.30. The SMILES string of the molecule is O=C(N[C@@H]1CCN(Cc2ccccc2)C1)c1ccc(Cl)c(N2CCCC2=O)c1. The van der Waals surface area contributed by atoms with Gasteiger partial charge in [0.2, 0.25) is 5.91 Å². The Balaban J connectivity index is 1.38. The number of nitrogens with zero attached hydrogens (tertiary/aromatic N) is 2. The van der Waals surface area contributed by atoms with Crippen LogP contribution in [0.5, 0.6) is 0 Å². The van der Waals surface area contributed by atoms with E-state index < -0.39 is 0 Å². The fourth-order valence-electron chi connectivity index (χ4n) is 3.97. The first-order valence-corrected chi connectivity index (χ1v) is 10.1. The van der Waals surface area contributed by atoms with Crippen molar-refractivity contribution in [2.75, 3.05) is 24.5 Å². The molecule has 0 bridgehead atoms. The van der Waals surface area contributed by atoms with Crippen molar-refractivity contribution in [1.29, 1.82) is 0 Å². The Labute approximate surface area is 170 Å². The number of benzene rings is 2. The molecule has 2 saturated heterocycles. The van der Waals surface area contributed by atoms with Crippen LogP contribution in [0.15, 0.2) is 48.5 Å². The molecule has 2 heterocycles. The fraction of sp³-hybridized carbons (Fsp3) is 0.364. The predicted molar refractivity (Wildman–Crippen MR) is 111 cm³/mol. The minimum atomic E-state index is -0.115. The highest BCUT2D eigenvalue weighted by molar-refractivity contribution is 6.34. The molecule has 0 saturated carbocycles. The molecule has 2 aromatic rings. The Kier molecular flexibility index (Phi) is 5.64. The lowest BCUT2D eigenvalue weighted by molar-refractivity contribution is -0.117. The van der Waals surface area contributed by atoms with Gasteiger partial charge in [-0.1, -0.05) is 41.9 Å². The molecule has 2 fully saturated rings. The molecule has 0 spiro atoms. The third-order valence-corrected chi connectivity index (χ3v) is 5.75. The molecule has 0 aromatic heterocycles. The van der Waals surface area contributed by atoms with E-state index in [9.17, 15) is 9.59 Å². The molecule has 1 atom stereocenters. The molecule has 4 rings (SSSR count). The maximum Gasteiger partial charge on any atom is 0.251 e. The monoisotopic (exact) mass is 397 g/mol. The van der Waals surface area contributed by atoms with Gasteiger partial charge in [0.15, 0.2) is 0 Å². The molecule has 5 nitrogen and oxygen atoms in total. The summed E-state index contributed by atoms with van der Waals surface area (Å²) in [6.45, 7) is 3.36. The fourth-order valence-corrected chi connectivity index (χ4v) is 4.19. The van der Waals surface area contributed by atoms with Gasteiger partial charge in [-0.15, -0.1) is 0 Å². The standard InChI is InChI=1S/C22H24ClN3O2/c23-19-9-8-17(13-20(19)26-11-4-7-21(26)27)22(28)24-18-10-12-25(15-18)14-16-5-2-1-3-6-16/h1-3,5-6,8-9,13,18H,4,7,10-12,14-15H2,(H,24,28)/t18-/m1/s1. The number of carbonyl (C=O) groups is 2. The number of amides is 2. The zero-order valence-electron chi connectivity index (χ0n) is 15.7. The minimum absolute atomic E-state index is 0.0619. The first-order chi connectivity index (χ1) is 13.6. The number of hydrogen-bond acceptors (Lipinski definition) is 3. The van der Waals surface area contributed by atoms with E-state index in [1.807, 2.05) is 18.2 Å². The predicted octanol–water partition coefficient (Wildman–Crippen LogP) is 3.47. The molecule has 6 heteroatoms. The first-order valence-electron chi connectivity index (χ1n) is 9.77. The summed E-state index contributed by atoms with van der Waals surface area (Å²) < 4.78 is 0. The van der Waals surface area contributed by atoms with Crippen LogP contribution in [0.4, 0.5) is 5.69 Å². The average molecular weight is 398 g/mol. The van der Waals surface area contributed by atoms with E-state index in [2.05, 4.69) is 22.3 Å². The number of halogens is 1. The Hall–Kier alpha value is -2.37. The smallest absolute Gasteiger partial charge is 0.251 e. The molecule has 2 aromatic carbocycles. The topological polar surface area (TPSA) is 52.7 Å². The van der Waals surface area contributed by atoms with E-state index >= 15 is 0 Å². The molecular formula is C22H24ClN3O2. The van der Waals surface area contributed by atoms with Gasteiger partial charge in [-0.3, -0.25) is 14.5 Å². The molecule has 146 valence electrons. The lowest BCUT2D eigenvalue weighted by Crippen LogP contribution is -2.37. The molecule has 1 N–H and O–H groups in total. The molecule has 0 radical (unpaired) electrons. The van der Waals surface area contributed by atoms with Crippen molar-refractivity contribution >= 4 is 29.1 Å². The van der Waals surface area contributed by atoms with E-state index in [-0.39, 0.29) is 17.9 Å². The minimum Gasteiger partial charge on any atom is -0.348 e. The third-order valence-electron chi connectivity index (χ3n) is 5.43. The summed E-state index contributed by atoms with van der Waals surface area (Å²) in [5, 5.41) is 3.63. The second-order valence-corrected chi connectivity index (χ2v) is 7.90. The van der Waals surface area contributed by atoms with Gasteiger partial charge in [0.05, 0.1) is 10.7 Å². The van der Waals surface area contributed by atoms with Gasteiger partial charge in [0.1, 0.15) is 0 Å². The lowest BCUT2D eigenvalue weighted by Gasteiger charge is -2.19. The summed E-state index contributed by atoms with van der Waals surface area (Å²) in [6, 6.07) is 15.7. The maximum atomic E-state index is 12.7. The van der Waals surface area contributed by atoms with Crippen LogP contribution in [0.1, 0.15) is 35.2 Å². The highest BCUT2D eigenvalue weighted by Gasteiger charge is 2.26. The number of likely N-dealkylation sites (tertiary alicyclic amines) is 1. The second kappa shape index (κ2) is 8.33. The van der Waals surface area contributed by atoms with Crippen LogP contribution < -0.4 is 10.2 Å². The Morgan fingerprint density at radius 1 is 1.14 bits per heavy atom. The Morgan fingerprint density at radius 2 is 1.96 bits per heavy atom. The summed E-state index contributed by atoms with van der Waals surface area (Å²) in [5.74, 6) is -0.0528. The molecule has 2 amide bonds. The molecule has 0 unspecified atom stereocenters.